The number of aromatic nitrogens is 1. The van der Waals surface area contributed by atoms with Crippen molar-refractivity contribution in [2.24, 2.45) is 10.9 Å². The normalized spacial score (nSPS) is 13.0. The minimum absolute atomic E-state index is 0.0189. The van der Waals surface area contributed by atoms with Crippen LogP contribution in [0.15, 0.2) is 63.9 Å². The van der Waals surface area contributed by atoms with Crippen LogP contribution in [0.2, 0.25) is 0 Å². The average Bonchev–Trinajstić information content (AvgIpc) is 3.00. The Balaban J connectivity index is 2.30. The summed E-state index contributed by atoms with van der Waals surface area (Å²) in [6.07, 6.45) is 0. The van der Waals surface area contributed by atoms with E-state index in [2.05, 4.69) is 4.98 Å². The largest absolute Gasteiger partial charge is 0.438 e. The molecule has 0 radical (unpaired) electrons. The maximum Gasteiger partial charge on any atom is 0.238 e. The van der Waals surface area contributed by atoms with Gasteiger partial charge in [0.1, 0.15) is 5.69 Å². The SMILES string of the molecule is CC(N)c1nc(-c2ccccc2)c(-c2ccccc2S(N)(=O)=O)o1. The van der Waals surface area contributed by atoms with Gasteiger partial charge in [-0.05, 0) is 19.1 Å². The molecule has 2 aromatic carbocycles. The summed E-state index contributed by atoms with van der Waals surface area (Å²) in [5.74, 6) is 0.659. The van der Waals surface area contributed by atoms with Crippen LogP contribution in [-0.4, -0.2) is 13.4 Å². The summed E-state index contributed by atoms with van der Waals surface area (Å²) in [7, 11) is -3.91. The van der Waals surface area contributed by atoms with E-state index < -0.39 is 16.1 Å². The zero-order chi connectivity index (χ0) is 17.3. The smallest absolute Gasteiger partial charge is 0.238 e. The first-order valence-electron chi connectivity index (χ1n) is 7.32. The number of oxazole rings is 1. The van der Waals surface area contributed by atoms with Gasteiger partial charge in [-0.2, -0.15) is 0 Å². The first-order chi connectivity index (χ1) is 11.4. The van der Waals surface area contributed by atoms with Crippen LogP contribution in [0.4, 0.5) is 0 Å². The molecular formula is C17H17N3O3S. The van der Waals surface area contributed by atoms with E-state index in [9.17, 15) is 8.42 Å². The molecule has 4 N–H and O–H groups in total. The molecule has 0 fully saturated rings. The molecule has 0 saturated carbocycles. The van der Waals surface area contributed by atoms with E-state index in [-0.39, 0.29) is 4.90 Å². The van der Waals surface area contributed by atoms with Gasteiger partial charge in [0.15, 0.2) is 5.76 Å². The maximum absolute atomic E-state index is 11.9. The molecule has 0 aliphatic carbocycles. The summed E-state index contributed by atoms with van der Waals surface area (Å²) in [6, 6.07) is 15.3. The average molecular weight is 343 g/mol. The van der Waals surface area contributed by atoms with Gasteiger partial charge in [-0.15, -0.1) is 0 Å². The Morgan fingerprint density at radius 1 is 1.04 bits per heavy atom. The van der Waals surface area contributed by atoms with Crippen molar-refractivity contribution in [3.63, 3.8) is 0 Å². The Morgan fingerprint density at radius 3 is 2.29 bits per heavy atom. The minimum Gasteiger partial charge on any atom is -0.438 e. The van der Waals surface area contributed by atoms with Crippen LogP contribution in [0.5, 0.6) is 0 Å². The quantitative estimate of drug-likeness (QED) is 0.756. The number of sulfonamides is 1. The molecule has 1 unspecified atom stereocenters. The second-order valence-electron chi connectivity index (χ2n) is 5.43. The van der Waals surface area contributed by atoms with Crippen LogP contribution in [-0.2, 0) is 10.0 Å². The van der Waals surface area contributed by atoms with Crippen LogP contribution in [0, 0.1) is 0 Å². The Labute approximate surface area is 140 Å². The van der Waals surface area contributed by atoms with Gasteiger partial charge in [0.2, 0.25) is 15.9 Å². The standard InChI is InChI=1S/C17H17N3O3S/c1-11(18)17-20-15(12-7-3-2-4-8-12)16(23-17)13-9-5-6-10-14(13)24(19,21)22/h2-11H,18H2,1H3,(H2,19,21,22). The van der Waals surface area contributed by atoms with Gasteiger partial charge in [-0.25, -0.2) is 18.5 Å². The van der Waals surface area contributed by atoms with Gasteiger partial charge >= 0.3 is 0 Å². The Bertz CT molecular complexity index is 964. The zero-order valence-corrected chi connectivity index (χ0v) is 13.8. The lowest BCUT2D eigenvalue weighted by atomic mass is 10.1. The molecule has 1 aromatic heterocycles. The molecule has 124 valence electrons. The number of rotatable bonds is 4. The van der Waals surface area contributed by atoms with Crippen molar-refractivity contribution in [2.45, 2.75) is 17.9 Å². The summed E-state index contributed by atoms with van der Waals surface area (Å²) < 4.78 is 29.6. The highest BCUT2D eigenvalue weighted by atomic mass is 32.2. The van der Waals surface area contributed by atoms with Crippen LogP contribution in [0.25, 0.3) is 22.6 Å². The summed E-state index contributed by atoms with van der Waals surface area (Å²) in [5, 5.41) is 5.34. The summed E-state index contributed by atoms with van der Waals surface area (Å²) in [4.78, 5) is 4.43. The van der Waals surface area contributed by atoms with Crippen LogP contribution in [0.1, 0.15) is 18.9 Å². The minimum atomic E-state index is -3.91. The molecule has 0 aliphatic rings. The van der Waals surface area contributed by atoms with E-state index in [0.717, 1.165) is 5.56 Å². The number of nitrogens with zero attached hydrogens (tertiary/aromatic N) is 1. The van der Waals surface area contributed by atoms with E-state index in [0.29, 0.717) is 22.9 Å². The third-order valence-electron chi connectivity index (χ3n) is 3.52. The highest BCUT2D eigenvalue weighted by Gasteiger charge is 2.23. The highest BCUT2D eigenvalue weighted by molar-refractivity contribution is 7.89. The predicted octanol–water partition coefficient (Wildman–Crippen LogP) is 2.68. The number of benzene rings is 2. The number of hydrogen-bond acceptors (Lipinski definition) is 5. The van der Waals surface area contributed by atoms with Crippen LogP contribution in [0.3, 0.4) is 0 Å². The monoisotopic (exact) mass is 343 g/mol. The van der Waals surface area contributed by atoms with Crippen LogP contribution < -0.4 is 10.9 Å². The number of nitrogens with two attached hydrogens (primary N) is 2. The lowest BCUT2D eigenvalue weighted by Crippen LogP contribution is -2.13. The zero-order valence-electron chi connectivity index (χ0n) is 13.0. The maximum atomic E-state index is 11.9. The first kappa shape index (κ1) is 16.4. The summed E-state index contributed by atoms with van der Waals surface area (Å²) in [5.41, 5.74) is 7.56. The third-order valence-corrected chi connectivity index (χ3v) is 4.49. The first-order valence-corrected chi connectivity index (χ1v) is 8.86. The van der Waals surface area contributed by atoms with Crippen molar-refractivity contribution in [1.82, 2.24) is 4.98 Å². The Hall–Kier alpha value is -2.48. The molecule has 3 aromatic rings. The molecule has 6 nitrogen and oxygen atoms in total. The lowest BCUT2D eigenvalue weighted by molar-refractivity contribution is 0.473. The van der Waals surface area contributed by atoms with Crippen molar-refractivity contribution >= 4 is 10.0 Å². The van der Waals surface area contributed by atoms with E-state index >= 15 is 0 Å². The Kier molecular flexibility index (Phi) is 4.23. The van der Waals surface area contributed by atoms with Gasteiger partial charge in [0.05, 0.1) is 10.9 Å². The van der Waals surface area contributed by atoms with Crippen molar-refractivity contribution in [3.05, 3.63) is 60.5 Å². The molecule has 3 rings (SSSR count). The lowest BCUT2D eigenvalue weighted by Gasteiger charge is -2.06. The highest BCUT2D eigenvalue weighted by Crippen LogP contribution is 2.36. The molecule has 0 saturated heterocycles. The topological polar surface area (TPSA) is 112 Å². The van der Waals surface area contributed by atoms with E-state index in [1.807, 2.05) is 30.3 Å². The van der Waals surface area contributed by atoms with E-state index in [1.54, 1.807) is 25.1 Å². The second kappa shape index (κ2) is 6.20. The van der Waals surface area contributed by atoms with Crippen molar-refractivity contribution < 1.29 is 12.8 Å². The van der Waals surface area contributed by atoms with Crippen LogP contribution >= 0.6 is 0 Å². The molecule has 0 amide bonds. The van der Waals surface area contributed by atoms with Gasteiger partial charge in [-0.1, -0.05) is 42.5 Å². The van der Waals surface area contributed by atoms with Gasteiger partial charge < -0.3 is 10.2 Å². The molecule has 0 aliphatic heterocycles. The van der Waals surface area contributed by atoms with E-state index in [4.69, 9.17) is 15.3 Å². The Morgan fingerprint density at radius 2 is 1.67 bits per heavy atom. The van der Waals surface area contributed by atoms with Gasteiger partial charge in [0.25, 0.3) is 0 Å². The van der Waals surface area contributed by atoms with E-state index in [1.165, 1.54) is 6.07 Å². The van der Waals surface area contributed by atoms with Crippen molar-refractivity contribution in [1.29, 1.82) is 0 Å². The molecule has 7 heteroatoms. The van der Waals surface area contributed by atoms with Gasteiger partial charge in [-0.3, -0.25) is 0 Å². The third kappa shape index (κ3) is 3.09. The van der Waals surface area contributed by atoms with Crippen molar-refractivity contribution in [2.75, 3.05) is 0 Å². The number of hydrogen-bond donors (Lipinski definition) is 2. The summed E-state index contributed by atoms with van der Waals surface area (Å²) >= 11 is 0. The molecule has 0 bridgehead atoms. The molecule has 1 atom stereocenters. The predicted molar refractivity (Wildman–Crippen MR) is 91.4 cm³/mol. The summed E-state index contributed by atoms with van der Waals surface area (Å²) in [6.45, 7) is 1.75. The number of primary sulfonamides is 1. The van der Waals surface area contributed by atoms with Gasteiger partial charge in [0, 0.05) is 11.1 Å². The fourth-order valence-corrected chi connectivity index (χ4v) is 3.14. The second-order valence-corrected chi connectivity index (χ2v) is 6.96. The molecule has 1 heterocycles. The fraction of sp³-hybridized carbons (Fsp3) is 0.118. The molecular weight excluding hydrogens is 326 g/mol. The fourth-order valence-electron chi connectivity index (χ4n) is 2.41. The molecule has 0 spiro atoms. The molecule has 24 heavy (non-hydrogen) atoms. The van der Waals surface area contributed by atoms with Crippen molar-refractivity contribution in [3.8, 4) is 22.6 Å².